The van der Waals surface area contributed by atoms with Gasteiger partial charge in [-0.25, -0.2) is 9.97 Å². The lowest BCUT2D eigenvalue weighted by molar-refractivity contribution is 0.0582. The second kappa shape index (κ2) is 7.42. The molecule has 2 aliphatic rings. The first-order chi connectivity index (χ1) is 14.3. The Labute approximate surface area is 166 Å². The van der Waals surface area contributed by atoms with Crippen LogP contribution in [0.1, 0.15) is 23.3 Å². The lowest BCUT2D eigenvalue weighted by Gasteiger charge is -2.31. The van der Waals surface area contributed by atoms with Gasteiger partial charge in [-0.15, -0.1) is 0 Å². The SMILES string of the molecule is O=C(c1cc(-c2ccc3c(c2)OCO3)n[nH]1)N1CCC(Oc2ccncn2)CC1. The second-order valence-electron chi connectivity index (χ2n) is 6.89. The second-order valence-corrected chi connectivity index (χ2v) is 6.89. The highest BCUT2D eigenvalue weighted by Gasteiger charge is 2.26. The maximum Gasteiger partial charge on any atom is 0.271 e. The third kappa shape index (κ3) is 3.58. The predicted octanol–water partition coefficient (Wildman–Crippen LogP) is 2.28. The van der Waals surface area contributed by atoms with Gasteiger partial charge in [-0.2, -0.15) is 5.10 Å². The van der Waals surface area contributed by atoms with Crippen LogP contribution in [-0.4, -0.2) is 57.0 Å². The van der Waals surface area contributed by atoms with E-state index in [-0.39, 0.29) is 18.8 Å². The summed E-state index contributed by atoms with van der Waals surface area (Å²) in [6.45, 7) is 1.46. The molecular formula is C20H19N5O4. The van der Waals surface area contributed by atoms with Crippen LogP contribution in [0, 0.1) is 0 Å². The maximum atomic E-state index is 12.8. The van der Waals surface area contributed by atoms with Crippen LogP contribution in [0.25, 0.3) is 11.3 Å². The van der Waals surface area contributed by atoms with Crippen LogP contribution in [0.3, 0.4) is 0 Å². The molecule has 4 heterocycles. The number of piperidine rings is 1. The third-order valence-corrected chi connectivity index (χ3v) is 5.05. The quantitative estimate of drug-likeness (QED) is 0.725. The van der Waals surface area contributed by atoms with Gasteiger partial charge in [0.05, 0.1) is 5.69 Å². The molecule has 1 amide bonds. The number of fused-ring (bicyclic) bond motifs is 1. The summed E-state index contributed by atoms with van der Waals surface area (Å²) in [4.78, 5) is 22.6. The van der Waals surface area contributed by atoms with E-state index in [1.165, 1.54) is 6.33 Å². The topological polar surface area (TPSA) is 102 Å². The van der Waals surface area contributed by atoms with Gasteiger partial charge in [-0.05, 0) is 24.3 Å². The largest absolute Gasteiger partial charge is 0.474 e. The number of hydrogen-bond donors (Lipinski definition) is 1. The van der Waals surface area contributed by atoms with Crippen LogP contribution in [0.2, 0.25) is 0 Å². The molecule has 0 radical (unpaired) electrons. The minimum Gasteiger partial charge on any atom is -0.474 e. The molecule has 0 aliphatic carbocycles. The molecule has 0 saturated carbocycles. The van der Waals surface area contributed by atoms with Gasteiger partial charge in [-0.3, -0.25) is 9.89 Å². The first-order valence-corrected chi connectivity index (χ1v) is 9.43. The van der Waals surface area contributed by atoms with Crippen molar-refractivity contribution in [2.75, 3.05) is 19.9 Å². The lowest BCUT2D eigenvalue weighted by Crippen LogP contribution is -2.42. The van der Waals surface area contributed by atoms with E-state index in [9.17, 15) is 4.79 Å². The van der Waals surface area contributed by atoms with E-state index in [1.54, 1.807) is 18.3 Å². The van der Waals surface area contributed by atoms with E-state index in [4.69, 9.17) is 14.2 Å². The van der Waals surface area contributed by atoms with Crippen molar-refractivity contribution in [2.45, 2.75) is 18.9 Å². The number of likely N-dealkylation sites (tertiary alicyclic amines) is 1. The fraction of sp³-hybridized carbons (Fsp3) is 0.300. The highest BCUT2D eigenvalue weighted by Crippen LogP contribution is 2.35. The molecule has 1 fully saturated rings. The van der Waals surface area contributed by atoms with Gasteiger partial charge in [-0.1, -0.05) is 0 Å². The average molecular weight is 393 g/mol. The number of amides is 1. The van der Waals surface area contributed by atoms with Crippen molar-refractivity contribution in [1.82, 2.24) is 25.1 Å². The van der Waals surface area contributed by atoms with Gasteiger partial charge in [0.25, 0.3) is 5.91 Å². The summed E-state index contributed by atoms with van der Waals surface area (Å²) in [6.07, 6.45) is 4.65. The molecule has 0 unspecified atom stereocenters. The zero-order chi connectivity index (χ0) is 19.6. The van der Waals surface area contributed by atoms with Gasteiger partial charge in [0.1, 0.15) is 18.1 Å². The molecule has 0 bridgehead atoms. The summed E-state index contributed by atoms with van der Waals surface area (Å²) in [7, 11) is 0. The predicted molar refractivity (Wildman–Crippen MR) is 102 cm³/mol. The van der Waals surface area contributed by atoms with Gasteiger partial charge in [0.2, 0.25) is 12.7 Å². The van der Waals surface area contributed by atoms with Gasteiger partial charge in [0, 0.05) is 43.8 Å². The van der Waals surface area contributed by atoms with Crippen LogP contribution in [0.15, 0.2) is 42.9 Å². The van der Waals surface area contributed by atoms with E-state index < -0.39 is 0 Å². The molecule has 2 aromatic heterocycles. The highest BCUT2D eigenvalue weighted by atomic mass is 16.7. The molecule has 5 rings (SSSR count). The molecule has 9 nitrogen and oxygen atoms in total. The van der Waals surface area contributed by atoms with Crippen LogP contribution < -0.4 is 14.2 Å². The number of nitrogens with one attached hydrogen (secondary N) is 1. The number of carbonyl (C=O) groups excluding carboxylic acids is 1. The van der Waals surface area contributed by atoms with Crippen LogP contribution >= 0.6 is 0 Å². The first-order valence-electron chi connectivity index (χ1n) is 9.43. The standard InChI is InChI=1S/C20H19N5O4/c26-20(25-7-4-14(5-8-25)29-19-3-6-21-11-22-19)16-10-15(23-24-16)13-1-2-17-18(9-13)28-12-27-17/h1-3,6,9-11,14H,4-5,7-8,12H2,(H,23,24). The summed E-state index contributed by atoms with van der Waals surface area (Å²) >= 11 is 0. The van der Waals surface area contributed by atoms with Crippen LogP contribution in [0.5, 0.6) is 17.4 Å². The Kier molecular flexibility index (Phi) is 4.47. The molecule has 148 valence electrons. The van der Waals surface area contributed by atoms with Crippen molar-refractivity contribution in [1.29, 1.82) is 0 Å². The molecule has 0 atom stereocenters. The number of nitrogens with zero attached hydrogens (tertiary/aromatic N) is 4. The Balaban J connectivity index is 1.22. The molecule has 2 aliphatic heterocycles. The zero-order valence-electron chi connectivity index (χ0n) is 15.6. The summed E-state index contributed by atoms with van der Waals surface area (Å²) < 4.78 is 16.6. The smallest absolute Gasteiger partial charge is 0.271 e. The van der Waals surface area contributed by atoms with E-state index in [0.29, 0.717) is 41.9 Å². The fourth-order valence-electron chi connectivity index (χ4n) is 3.50. The van der Waals surface area contributed by atoms with Gasteiger partial charge in [0.15, 0.2) is 11.5 Å². The number of carbonyl (C=O) groups is 1. The number of benzene rings is 1. The molecule has 1 saturated heterocycles. The van der Waals surface area contributed by atoms with E-state index in [2.05, 4.69) is 20.2 Å². The van der Waals surface area contributed by atoms with Crippen molar-refractivity contribution in [2.24, 2.45) is 0 Å². The first kappa shape index (κ1) is 17.5. The Morgan fingerprint density at radius 3 is 2.83 bits per heavy atom. The van der Waals surface area contributed by atoms with Crippen molar-refractivity contribution in [3.05, 3.63) is 48.5 Å². The van der Waals surface area contributed by atoms with Crippen LogP contribution in [0.4, 0.5) is 0 Å². The Morgan fingerprint density at radius 2 is 2.00 bits per heavy atom. The lowest BCUT2D eigenvalue weighted by atomic mass is 10.1. The van der Waals surface area contributed by atoms with Crippen LogP contribution in [-0.2, 0) is 0 Å². The van der Waals surface area contributed by atoms with E-state index >= 15 is 0 Å². The molecule has 1 N–H and O–H groups in total. The molecular weight excluding hydrogens is 374 g/mol. The van der Waals surface area contributed by atoms with Crippen molar-refractivity contribution in [3.63, 3.8) is 0 Å². The maximum absolute atomic E-state index is 12.8. The fourth-order valence-corrected chi connectivity index (χ4v) is 3.50. The number of ether oxygens (including phenoxy) is 3. The summed E-state index contributed by atoms with van der Waals surface area (Å²) in [5.74, 6) is 1.90. The number of rotatable bonds is 4. The zero-order valence-corrected chi connectivity index (χ0v) is 15.6. The highest BCUT2D eigenvalue weighted by molar-refractivity contribution is 5.93. The number of aromatic amines is 1. The third-order valence-electron chi connectivity index (χ3n) is 5.05. The minimum atomic E-state index is -0.0648. The summed E-state index contributed by atoms with van der Waals surface area (Å²) in [5.41, 5.74) is 2.02. The average Bonchev–Trinajstić information content (AvgIpc) is 3.44. The van der Waals surface area contributed by atoms with Gasteiger partial charge >= 0.3 is 0 Å². The van der Waals surface area contributed by atoms with E-state index in [1.807, 2.05) is 23.1 Å². The molecule has 9 heteroatoms. The van der Waals surface area contributed by atoms with Crippen molar-refractivity contribution < 1.29 is 19.0 Å². The number of aromatic nitrogens is 4. The number of hydrogen-bond acceptors (Lipinski definition) is 7. The van der Waals surface area contributed by atoms with E-state index in [0.717, 1.165) is 18.4 Å². The molecule has 1 aromatic carbocycles. The van der Waals surface area contributed by atoms with Crippen molar-refractivity contribution >= 4 is 5.91 Å². The minimum absolute atomic E-state index is 0.0416. The number of H-pyrrole nitrogens is 1. The Morgan fingerprint density at radius 1 is 1.14 bits per heavy atom. The Bertz CT molecular complexity index is 1010. The normalized spacial score (nSPS) is 16.1. The van der Waals surface area contributed by atoms with Crippen molar-refractivity contribution in [3.8, 4) is 28.6 Å². The summed E-state index contributed by atoms with van der Waals surface area (Å²) in [6, 6.07) is 9.11. The molecule has 0 spiro atoms. The summed E-state index contributed by atoms with van der Waals surface area (Å²) in [5, 5.41) is 7.15. The molecule has 3 aromatic rings. The Hall–Kier alpha value is -3.62. The monoisotopic (exact) mass is 393 g/mol. The van der Waals surface area contributed by atoms with Gasteiger partial charge < -0.3 is 19.1 Å². The molecule has 29 heavy (non-hydrogen) atoms.